The molecular formula is C14H21N3O. The van der Waals surface area contributed by atoms with Crippen LogP contribution in [0.15, 0.2) is 12.3 Å². The van der Waals surface area contributed by atoms with E-state index in [1.54, 1.807) is 6.20 Å². The van der Waals surface area contributed by atoms with E-state index in [0.29, 0.717) is 0 Å². The Morgan fingerprint density at radius 1 is 1.44 bits per heavy atom. The second-order valence-corrected chi connectivity index (χ2v) is 5.25. The first-order chi connectivity index (χ1) is 8.59. The van der Waals surface area contributed by atoms with Gasteiger partial charge in [0.25, 0.3) is 0 Å². The van der Waals surface area contributed by atoms with Crippen molar-refractivity contribution in [3.63, 3.8) is 0 Å². The van der Waals surface area contributed by atoms with Crippen molar-refractivity contribution in [3.05, 3.63) is 23.8 Å². The Kier molecular flexibility index (Phi) is 3.94. The van der Waals surface area contributed by atoms with Crippen LogP contribution in [0, 0.1) is 12.8 Å². The minimum absolute atomic E-state index is 0.0374. The van der Waals surface area contributed by atoms with Gasteiger partial charge in [0.15, 0.2) is 5.82 Å². The van der Waals surface area contributed by atoms with Gasteiger partial charge in [-0.25, -0.2) is 9.97 Å². The lowest BCUT2D eigenvalue weighted by atomic mass is 9.99. The van der Waals surface area contributed by atoms with Gasteiger partial charge >= 0.3 is 0 Å². The van der Waals surface area contributed by atoms with Crippen molar-refractivity contribution in [3.8, 4) is 0 Å². The first kappa shape index (κ1) is 13.0. The van der Waals surface area contributed by atoms with Crippen LogP contribution in [0.5, 0.6) is 0 Å². The predicted molar refractivity (Wildman–Crippen MR) is 69.9 cm³/mol. The molecule has 4 heteroatoms. The molecule has 0 bridgehead atoms. The summed E-state index contributed by atoms with van der Waals surface area (Å²) in [7, 11) is 0. The highest BCUT2D eigenvalue weighted by molar-refractivity contribution is 5.78. The number of piperidine rings is 1. The predicted octanol–water partition coefficient (Wildman–Crippen LogP) is 2.49. The quantitative estimate of drug-likeness (QED) is 0.806. The maximum absolute atomic E-state index is 12.2. The van der Waals surface area contributed by atoms with Crippen molar-refractivity contribution in [2.45, 2.75) is 46.1 Å². The van der Waals surface area contributed by atoms with Crippen molar-refractivity contribution >= 4 is 5.91 Å². The van der Waals surface area contributed by atoms with Crippen molar-refractivity contribution in [1.29, 1.82) is 0 Å². The lowest BCUT2D eigenvalue weighted by molar-refractivity contribution is -0.138. The topological polar surface area (TPSA) is 46.1 Å². The fraction of sp³-hybridized carbons (Fsp3) is 0.643. The SMILES string of the molecule is Cc1ccnc([C@@H]2CCCCN2C(=O)C(C)C)n1. The second-order valence-electron chi connectivity index (χ2n) is 5.25. The van der Waals surface area contributed by atoms with Gasteiger partial charge in [-0.05, 0) is 32.3 Å². The largest absolute Gasteiger partial charge is 0.332 e. The fourth-order valence-corrected chi connectivity index (χ4v) is 2.42. The smallest absolute Gasteiger partial charge is 0.225 e. The van der Waals surface area contributed by atoms with Crippen molar-refractivity contribution in [1.82, 2.24) is 14.9 Å². The summed E-state index contributed by atoms with van der Waals surface area (Å²) in [6.07, 6.45) is 4.98. The van der Waals surface area contributed by atoms with Crippen molar-refractivity contribution in [2.75, 3.05) is 6.54 Å². The molecule has 1 saturated heterocycles. The molecule has 4 nitrogen and oxygen atoms in total. The van der Waals surface area contributed by atoms with E-state index in [4.69, 9.17) is 0 Å². The maximum Gasteiger partial charge on any atom is 0.225 e. The Balaban J connectivity index is 2.25. The van der Waals surface area contributed by atoms with Gasteiger partial charge in [0, 0.05) is 24.4 Å². The molecule has 0 N–H and O–H groups in total. The van der Waals surface area contributed by atoms with E-state index in [1.807, 2.05) is 31.7 Å². The van der Waals surface area contributed by atoms with E-state index in [1.165, 1.54) is 0 Å². The highest BCUT2D eigenvalue weighted by atomic mass is 16.2. The van der Waals surface area contributed by atoms with Gasteiger partial charge in [0.2, 0.25) is 5.91 Å². The number of aryl methyl sites for hydroxylation is 1. The minimum Gasteiger partial charge on any atom is -0.332 e. The molecule has 1 aliphatic rings. The molecule has 0 unspecified atom stereocenters. The summed E-state index contributed by atoms with van der Waals surface area (Å²) in [5.74, 6) is 1.05. The van der Waals surface area contributed by atoms with Crippen LogP contribution in [0.2, 0.25) is 0 Å². The van der Waals surface area contributed by atoms with Gasteiger partial charge in [-0.2, -0.15) is 0 Å². The maximum atomic E-state index is 12.2. The monoisotopic (exact) mass is 247 g/mol. The molecule has 1 aliphatic heterocycles. The van der Waals surface area contributed by atoms with E-state index in [0.717, 1.165) is 37.3 Å². The molecule has 18 heavy (non-hydrogen) atoms. The van der Waals surface area contributed by atoms with Crippen molar-refractivity contribution < 1.29 is 4.79 Å². The van der Waals surface area contributed by atoms with Crippen LogP contribution in [0.3, 0.4) is 0 Å². The number of likely N-dealkylation sites (tertiary alicyclic amines) is 1. The summed E-state index contributed by atoms with van der Waals surface area (Å²) in [5.41, 5.74) is 0.961. The molecule has 0 aromatic carbocycles. The molecule has 1 fully saturated rings. The van der Waals surface area contributed by atoms with E-state index < -0.39 is 0 Å². The highest BCUT2D eigenvalue weighted by Gasteiger charge is 2.30. The number of hydrogen-bond acceptors (Lipinski definition) is 3. The number of amides is 1. The summed E-state index contributed by atoms with van der Waals surface area (Å²) in [5, 5.41) is 0. The number of carbonyl (C=O) groups excluding carboxylic acids is 1. The average molecular weight is 247 g/mol. The fourth-order valence-electron chi connectivity index (χ4n) is 2.42. The molecule has 0 radical (unpaired) electrons. The lowest BCUT2D eigenvalue weighted by Gasteiger charge is -2.35. The molecular weight excluding hydrogens is 226 g/mol. The van der Waals surface area contributed by atoms with Gasteiger partial charge in [-0.15, -0.1) is 0 Å². The zero-order chi connectivity index (χ0) is 13.1. The van der Waals surface area contributed by atoms with E-state index >= 15 is 0 Å². The number of hydrogen-bond donors (Lipinski definition) is 0. The van der Waals surface area contributed by atoms with Gasteiger partial charge in [0.1, 0.15) is 0 Å². The van der Waals surface area contributed by atoms with Crippen LogP contribution in [-0.2, 0) is 4.79 Å². The third-order valence-corrected chi connectivity index (χ3v) is 3.39. The number of nitrogens with zero attached hydrogens (tertiary/aromatic N) is 3. The minimum atomic E-state index is 0.0374. The first-order valence-corrected chi connectivity index (χ1v) is 6.69. The lowest BCUT2D eigenvalue weighted by Crippen LogP contribution is -2.41. The normalized spacial score (nSPS) is 20.2. The molecule has 0 saturated carbocycles. The van der Waals surface area contributed by atoms with Crippen LogP contribution in [0.1, 0.15) is 50.7 Å². The molecule has 0 aliphatic carbocycles. The summed E-state index contributed by atoms with van der Waals surface area (Å²) in [6, 6.07) is 1.95. The summed E-state index contributed by atoms with van der Waals surface area (Å²) in [6.45, 7) is 6.69. The standard InChI is InChI=1S/C14H21N3O/c1-10(2)14(18)17-9-5-4-6-12(17)13-15-8-7-11(3)16-13/h7-8,10,12H,4-6,9H2,1-3H3/t12-/m0/s1. The van der Waals surface area contributed by atoms with Gasteiger partial charge in [0.05, 0.1) is 6.04 Å². The van der Waals surface area contributed by atoms with Crippen LogP contribution in [-0.4, -0.2) is 27.3 Å². The molecule has 1 aromatic rings. The summed E-state index contributed by atoms with van der Waals surface area (Å²) < 4.78 is 0. The molecule has 2 heterocycles. The third kappa shape index (κ3) is 2.68. The first-order valence-electron chi connectivity index (χ1n) is 6.69. The zero-order valence-electron chi connectivity index (χ0n) is 11.4. The Labute approximate surface area is 108 Å². The van der Waals surface area contributed by atoms with E-state index in [2.05, 4.69) is 9.97 Å². The summed E-state index contributed by atoms with van der Waals surface area (Å²) >= 11 is 0. The number of carbonyl (C=O) groups is 1. The molecule has 1 aromatic heterocycles. The number of aromatic nitrogens is 2. The third-order valence-electron chi connectivity index (χ3n) is 3.39. The van der Waals surface area contributed by atoms with Gasteiger partial charge in [-0.3, -0.25) is 4.79 Å². The van der Waals surface area contributed by atoms with Gasteiger partial charge in [-0.1, -0.05) is 13.8 Å². The number of rotatable bonds is 2. The summed E-state index contributed by atoms with van der Waals surface area (Å²) in [4.78, 5) is 23.0. The Bertz CT molecular complexity index is 431. The second kappa shape index (κ2) is 5.46. The van der Waals surface area contributed by atoms with E-state index in [9.17, 15) is 4.79 Å². The molecule has 1 amide bonds. The van der Waals surface area contributed by atoms with Gasteiger partial charge < -0.3 is 4.90 Å². The van der Waals surface area contributed by atoms with Crippen LogP contribution in [0.4, 0.5) is 0 Å². The average Bonchev–Trinajstić information content (AvgIpc) is 2.38. The van der Waals surface area contributed by atoms with Crippen molar-refractivity contribution in [2.24, 2.45) is 5.92 Å². The van der Waals surface area contributed by atoms with Crippen LogP contribution >= 0.6 is 0 Å². The molecule has 2 rings (SSSR count). The molecule has 1 atom stereocenters. The highest BCUT2D eigenvalue weighted by Crippen LogP contribution is 2.29. The molecule has 98 valence electrons. The van der Waals surface area contributed by atoms with E-state index in [-0.39, 0.29) is 17.9 Å². The van der Waals surface area contributed by atoms with Crippen LogP contribution < -0.4 is 0 Å². The Morgan fingerprint density at radius 3 is 2.89 bits per heavy atom. The Morgan fingerprint density at radius 2 is 2.22 bits per heavy atom. The van der Waals surface area contributed by atoms with Crippen LogP contribution in [0.25, 0.3) is 0 Å². The Hall–Kier alpha value is -1.45. The molecule has 0 spiro atoms. The zero-order valence-corrected chi connectivity index (χ0v) is 11.4.